The van der Waals surface area contributed by atoms with Gasteiger partial charge in [-0.15, -0.1) is 0 Å². The molecule has 1 unspecified atom stereocenters. The van der Waals surface area contributed by atoms with Crippen molar-refractivity contribution >= 4 is 5.97 Å². The third-order valence-electron chi connectivity index (χ3n) is 2.05. The first-order valence-corrected chi connectivity index (χ1v) is 5.88. The summed E-state index contributed by atoms with van der Waals surface area (Å²) in [4.78, 5) is 11.3. The average Bonchev–Trinajstić information content (AvgIpc) is 2.14. The van der Waals surface area contributed by atoms with Crippen LogP contribution in [0.1, 0.15) is 40.5 Å². The van der Waals surface area contributed by atoms with E-state index < -0.39 is 5.60 Å². The number of nitrogens with one attached hydrogen (secondary N) is 1. The molecule has 0 amide bonds. The summed E-state index contributed by atoms with van der Waals surface area (Å²) in [5, 5.41) is 11.8. The fourth-order valence-electron chi connectivity index (χ4n) is 1.23. The molecule has 0 aromatic carbocycles. The van der Waals surface area contributed by atoms with E-state index in [0.29, 0.717) is 5.92 Å². The van der Waals surface area contributed by atoms with Gasteiger partial charge in [-0.3, -0.25) is 4.79 Å². The van der Waals surface area contributed by atoms with Crippen molar-refractivity contribution in [2.45, 2.75) is 46.1 Å². The third kappa shape index (κ3) is 9.93. The molecule has 16 heavy (non-hydrogen) atoms. The number of carbonyl (C=O) groups is 1. The van der Waals surface area contributed by atoms with Gasteiger partial charge in [-0.05, 0) is 46.1 Å². The van der Waals surface area contributed by atoms with Crippen molar-refractivity contribution in [3.63, 3.8) is 0 Å². The third-order valence-corrected chi connectivity index (χ3v) is 2.05. The smallest absolute Gasteiger partial charge is 0.320 e. The minimum atomic E-state index is -0.413. The van der Waals surface area contributed by atoms with Crippen molar-refractivity contribution in [2.75, 3.05) is 19.7 Å². The fourth-order valence-corrected chi connectivity index (χ4v) is 1.23. The highest BCUT2D eigenvalue weighted by molar-refractivity contribution is 5.72. The number of rotatable bonds is 7. The molecule has 0 aromatic rings. The predicted molar refractivity (Wildman–Crippen MR) is 64.2 cm³/mol. The maximum absolute atomic E-state index is 11.3. The van der Waals surface area contributed by atoms with E-state index >= 15 is 0 Å². The quantitative estimate of drug-likeness (QED) is 0.512. The second-order valence-electron chi connectivity index (χ2n) is 5.19. The van der Waals surface area contributed by atoms with Crippen LogP contribution in [0.4, 0.5) is 0 Å². The van der Waals surface area contributed by atoms with Crippen LogP contribution in [-0.2, 0) is 9.53 Å². The number of hydrogen-bond acceptors (Lipinski definition) is 4. The first-order chi connectivity index (χ1) is 7.35. The number of aliphatic hydroxyl groups excluding tert-OH is 1. The standard InChI is InChI=1S/C12H25NO3/c1-10(9-14)6-5-7-13-8-11(15)16-12(2,3)4/h10,13-14H,5-9H2,1-4H3. The van der Waals surface area contributed by atoms with Crippen molar-refractivity contribution in [2.24, 2.45) is 5.92 Å². The Bertz CT molecular complexity index is 199. The van der Waals surface area contributed by atoms with Gasteiger partial charge in [0.25, 0.3) is 0 Å². The molecule has 2 N–H and O–H groups in total. The highest BCUT2D eigenvalue weighted by atomic mass is 16.6. The Morgan fingerprint density at radius 1 is 1.44 bits per heavy atom. The van der Waals surface area contributed by atoms with Gasteiger partial charge in [0.05, 0.1) is 6.54 Å². The van der Waals surface area contributed by atoms with E-state index in [2.05, 4.69) is 5.32 Å². The number of aliphatic hydroxyl groups is 1. The Labute approximate surface area is 98.4 Å². The summed E-state index contributed by atoms with van der Waals surface area (Å²) in [6, 6.07) is 0. The molecule has 0 fully saturated rings. The zero-order chi connectivity index (χ0) is 12.6. The number of esters is 1. The van der Waals surface area contributed by atoms with Crippen LogP contribution in [0.15, 0.2) is 0 Å². The molecule has 4 heteroatoms. The zero-order valence-corrected chi connectivity index (χ0v) is 10.9. The summed E-state index contributed by atoms with van der Waals surface area (Å²) in [5.41, 5.74) is -0.413. The van der Waals surface area contributed by atoms with Crippen LogP contribution >= 0.6 is 0 Å². The van der Waals surface area contributed by atoms with Gasteiger partial charge >= 0.3 is 5.97 Å². The molecule has 0 rings (SSSR count). The van der Waals surface area contributed by atoms with Crippen molar-refractivity contribution in [1.82, 2.24) is 5.32 Å². The maximum atomic E-state index is 11.3. The van der Waals surface area contributed by atoms with Crippen LogP contribution in [0, 0.1) is 5.92 Å². The molecule has 0 aliphatic carbocycles. The van der Waals surface area contributed by atoms with Crippen LogP contribution in [0.3, 0.4) is 0 Å². The Balaban J connectivity index is 3.42. The van der Waals surface area contributed by atoms with Crippen LogP contribution in [0.25, 0.3) is 0 Å². The summed E-state index contributed by atoms with van der Waals surface area (Å²) in [5.74, 6) is 0.117. The van der Waals surface area contributed by atoms with E-state index in [4.69, 9.17) is 9.84 Å². The molecule has 96 valence electrons. The molecule has 0 radical (unpaired) electrons. The topological polar surface area (TPSA) is 58.6 Å². The Kier molecular flexibility index (Phi) is 7.34. The molecule has 0 saturated heterocycles. The SMILES string of the molecule is CC(CO)CCCNCC(=O)OC(C)(C)C. The van der Waals surface area contributed by atoms with Crippen molar-refractivity contribution in [3.05, 3.63) is 0 Å². The molecule has 0 saturated carbocycles. The highest BCUT2D eigenvalue weighted by Gasteiger charge is 2.15. The fraction of sp³-hybridized carbons (Fsp3) is 0.917. The average molecular weight is 231 g/mol. The minimum absolute atomic E-state index is 0.220. The van der Waals surface area contributed by atoms with E-state index in [1.165, 1.54) is 0 Å². The van der Waals surface area contributed by atoms with Crippen LogP contribution < -0.4 is 5.32 Å². The van der Waals surface area contributed by atoms with Crippen LogP contribution in [-0.4, -0.2) is 36.4 Å². The molecule has 0 heterocycles. The highest BCUT2D eigenvalue weighted by Crippen LogP contribution is 2.06. The lowest BCUT2D eigenvalue weighted by atomic mass is 10.1. The predicted octanol–water partition coefficient (Wildman–Crippen LogP) is 1.33. The first kappa shape index (κ1) is 15.4. The zero-order valence-electron chi connectivity index (χ0n) is 10.9. The lowest BCUT2D eigenvalue weighted by Crippen LogP contribution is -2.32. The van der Waals surface area contributed by atoms with Crippen LogP contribution in [0.5, 0.6) is 0 Å². The Morgan fingerprint density at radius 2 is 2.06 bits per heavy atom. The summed E-state index contributed by atoms with van der Waals surface area (Å²) < 4.78 is 5.15. The number of hydrogen-bond donors (Lipinski definition) is 2. The lowest BCUT2D eigenvalue weighted by Gasteiger charge is -2.19. The summed E-state index contributed by atoms with van der Waals surface area (Å²) in [6.07, 6.45) is 1.93. The van der Waals surface area contributed by atoms with Crippen molar-refractivity contribution < 1.29 is 14.6 Å². The lowest BCUT2D eigenvalue weighted by molar-refractivity contribution is -0.153. The minimum Gasteiger partial charge on any atom is -0.459 e. The van der Waals surface area contributed by atoms with E-state index in [1.807, 2.05) is 27.7 Å². The molecular weight excluding hydrogens is 206 g/mol. The molecule has 1 atom stereocenters. The second-order valence-corrected chi connectivity index (χ2v) is 5.19. The molecule has 0 aliphatic heterocycles. The molecular formula is C12H25NO3. The second kappa shape index (κ2) is 7.63. The van der Waals surface area contributed by atoms with Gasteiger partial charge in [0.2, 0.25) is 0 Å². The molecule has 0 spiro atoms. The monoisotopic (exact) mass is 231 g/mol. The molecule has 0 bridgehead atoms. The van der Waals surface area contributed by atoms with Gasteiger partial charge in [0.1, 0.15) is 5.60 Å². The van der Waals surface area contributed by atoms with Gasteiger partial charge in [0, 0.05) is 6.61 Å². The van der Waals surface area contributed by atoms with Gasteiger partial charge in [0.15, 0.2) is 0 Å². The van der Waals surface area contributed by atoms with Crippen molar-refractivity contribution in [1.29, 1.82) is 0 Å². The van der Waals surface area contributed by atoms with Gasteiger partial charge in [-0.1, -0.05) is 6.92 Å². The summed E-state index contributed by atoms with van der Waals surface area (Å²) >= 11 is 0. The van der Waals surface area contributed by atoms with E-state index in [-0.39, 0.29) is 19.1 Å². The van der Waals surface area contributed by atoms with Gasteiger partial charge in [-0.2, -0.15) is 0 Å². The van der Waals surface area contributed by atoms with Gasteiger partial charge < -0.3 is 15.2 Å². The molecule has 0 aliphatic rings. The van der Waals surface area contributed by atoms with E-state index in [9.17, 15) is 4.79 Å². The molecule has 0 aromatic heterocycles. The maximum Gasteiger partial charge on any atom is 0.320 e. The molecule has 4 nitrogen and oxygen atoms in total. The van der Waals surface area contributed by atoms with Crippen LogP contribution in [0.2, 0.25) is 0 Å². The van der Waals surface area contributed by atoms with E-state index in [0.717, 1.165) is 19.4 Å². The van der Waals surface area contributed by atoms with Crippen molar-refractivity contribution in [3.8, 4) is 0 Å². The normalized spacial score (nSPS) is 13.6. The summed E-state index contributed by atoms with van der Waals surface area (Å²) in [6.45, 7) is 8.84. The van der Waals surface area contributed by atoms with Gasteiger partial charge in [-0.25, -0.2) is 0 Å². The number of ether oxygens (including phenoxy) is 1. The Hall–Kier alpha value is -0.610. The van der Waals surface area contributed by atoms with E-state index in [1.54, 1.807) is 0 Å². The Morgan fingerprint density at radius 3 is 2.56 bits per heavy atom. The summed E-state index contributed by atoms with van der Waals surface area (Å²) in [7, 11) is 0. The largest absolute Gasteiger partial charge is 0.459 e. The number of carbonyl (C=O) groups excluding carboxylic acids is 1. The first-order valence-electron chi connectivity index (χ1n) is 5.88.